The molecule has 1 aromatic carbocycles. The van der Waals surface area contributed by atoms with Crippen LogP contribution in [0.25, 0.3) is 0 Å². The molecule has 2 rings (SSSR count). The zero-order chi connectivity index (χ0) is 11.8. The van der Waals surface area contributed by atoms with Crippen LogP contribution in [0.2, 0.25) is 0 Å². The fraction of sp³-hybridized carbons (Fsp3) is 0.300. The van der Waals surface area contributed by atoms with Crippen LogP contribution in [0.5, 0.6) is 0 Å². The number of nitrogens with one attached hydrogen (secondary N) is 1. The number of sulfonamides is 1. The van der Waals surface area contributed by atoms with E-state index < -0.39 is 10.0 Å². The quantitative estimate of drug-likeness (QED) is 0.782. The first-order valence-electron chi connectivity index (χ1n) is 4.86. The SMILES string of the molecule is NS(=O)(=O)Cc1ccc2c(c1)CCC(=O)N2. The molecule has 5 nitrogen and oxygen atoms in total. The molecule has 1 heterocycles. The van der Waals surface area contributed by atoms with E-state index in [0.717, 1.165) is 11.3 Å². The van der Waals surface area contributed by atoms with E-state index in [-0.39, 0.29) is 11.7 Å². The van der Waals surface area contributed by atoms with Gasteiger partial charge in [0.25, 0.3) is 0 Å². The number of fused-ring (bicyclic) bond motifs is 1. The van der Waals surface area contributed by atoms with Gasteiger partial charge in [-0.1, -0.05) is 12.1 Å². The summed E-state index contributed by atoms with van der Waals surface area (Å²) >= 11 is 0. The molecule has 3 N–H and O–H groups in total. The summed E-state index contributed by atoms with van der Waals surface area (Å²) in [5.41, 5.74) is 2.37. The molecular weight excluding hydrogens is 228 g/mol. The number of anilines is 1. The lowest BCUT2D eigenvalue weighted by molar-refractivity contribution is -0.116. The van der Waals surface area contributed by atoms with Gasteiger partial charge < -0.3 is 5.32 Å². The minimum absolute atomic E-state index is 0.00769. The molecule has 0 aromatic heterocycles. The Kier molecular flexibility index (Phi) is 2.69. The fourth-order valence-electron chi connectivity index (χ4n) is 1.76. The molecule has 1 amide bonds. The number of benzene rings is 1. The number of hydrogen-bond donors (Lipinski definition) is 2. The Morgan fingerprint density at radius 1 is 1.31 bits per heavy atom. The second kappa shape index (κ2) is 3.88. The van der Waals surface area contributed by atoms with Gasteiger partial charge >= 0.3 is 0 Å². The zero-order valence-electron chi connectivity index (χ0n) is 8.56. The van der Waals surface area contributed by atoms with Crippen molar-refractivity contribution in [2.45, 2.75) is 18.6 Å². The summed E-state index contributed by atoms with van der Waals surface area (Å²) in [7, 11) is -3.50. The highest BCUT2D eigenvalue weighted by atomic mass is 32.2. The van der Waals surface area contributed by atoms with Crippen LogP contribution >= 0.6 is 0 Å². The lowest BCUT2D eigenvalue weighted by Gasteiger charge is -2.17. The Bertz CT molecular complexity index is 537. The minimum Gasteiger partial charge on any atom is -0.326 e. The van der Waals surface area contributed by atoms with Gasteiger partial charge in [0.15, 0.2) is 0 Å². The number of hydrogen-bond acceptors (Lipinski definition) is 3. The van der Waals surface area contributed by atoms with E-state index in [1.165, 1.54) is 0 Å². The molecule has 0 bridgehead atoms. The molecule has 0 saturated heterocycles. The second-order valence-corrected chi connectivity index (χ2v) is 5.46. The molecule has 1 aliphatic rings. The van der Waals surface area contributed by atoms with E-state index in [1.54, 1.807) is 18.2 Å². The van der Waals surface area contributed by atoms with Crippen LogP contribution < -0.4 is 10.5 Å². The van der Waals surface area contributed by atoms with Crippen LogP contribution in [0.1, 0.15) is 17.5 Å². The first kappa shape index (κ1) is 11.1. The average Bonchev–Trinajstić information content (AvgIpc) is 2.16. The highest BCUT2D eigenvalue weighted by Gasteiger charge is 2.15. The van der Waals surface area contributed by atoms with Crippen molar-refractivity contribution in [2.75, 3.05) is 5.32 Å². The summed E-state index contributed by atoms with van der Waals surface area (Å²) in [5.74, 6) is -0.180. The van der Waals surface area contributed by atoms with Crippen LogP contribution in [-0.2, 0) is 27.0 Å². The lowest BCUT2D eigenvalue weighted by atomic mass is 10.0. The van der Waals surface area contributed by atoms with E-state index in [9.17, 15) is 13.2 Å². The molecule has 1 aromatic rings. The minimum atomic E-state index is -3.50. The molecular formula is C10H12N2O3S. The standard InChI is InChI=1S/C10H12N2O3S/c11-16(14,15)6-7-1-3-9-8(5-7)2-4-10(13)12-9/h1,3,5H,2,4,6H2,(H,12,13)(H2,11,14,15). The molecule has 0 radical (unpaired) electrons. The molecule has 1 aliphatic heterocycles. The smallest absolute Gasteiger partial charge is 0.224 e. The van der Waals surface area contributed by atoms with Crippen molar-refractivity contribution in [3.8, 4) is 0 Å². The van der Waals surface area contributed by atoms with Gasteiger partial charge in [-0.05, 0) is 23.6 Å². The van der Waals surface area contributed by atoms with Gasteiger partial charge in [0.05, 0.1) is 5.75 Å². The fourth-order valence-corrected chi connectivity index (χ4v) is 2.40. The zero-order valence-corrected chi connectivity index (χ0v) is 9.38. The van der Waals surface area contributed by atoms with E-state index in [1.807, 2.05) is 0 Å². The largest absolute Gasteiger partial charge is 0.326 e. The first-order chi connectivity index (χ1) is 7.44. The van der Waals surface area contributed by atoms with E-state index in [2.05, 4.69) is 5.32 Å². The molecule has 0 unspecified atom stereocenters. The van der Waals surface area contributed by atoms with Gasteiger partial charge in [-0.2, -0.15) is 0 Å². The first-order valence-corrected chi connectivity index (χ1v) is 6.58. The van der Waals surface area contributed by atoms with Crippen LogP contribution in [0.15, 0.2) is 18.2 Å². The van der Waals surface area contributed by atoms with Crippen molar-refractivity contribution in [1.82, 2.24) is 0 Å². The van der Waals surface area contributed by atoms with Gasteiger partial charge in [-0.25, -0.2) is 13.6 Å². The van der Waals surface area contributed by atoms with Crippen LogP contribution in [-0.4, -0.2) is 14.3 Å². The third-order valence-electron chi connectivity index (χ3n) is 2.43. The van der Waals surface area contributed by atoms with Crippen LogP contribution in [0, 0.1) is 0 Å². The summed E-state index contributed by atoms with van der Waals surface area (Å²) in [5, 5.41) is 7.70. The Labute approximate surface area is 93.7 Å². The molecule has 0 aliphatic carbocycles. The van der Waals surface area contributed by atoms with Crippen LogP contribution in [0.3, 0.4) is 0 Å². The molecule has 0 fully saturated rings. The summed E-state index contributed by atoms with van der Waals surface area (Å²) in [4.78, 5) is 11.1. The van der Waals surface area contributed by atoms with Gasteiger partial charge in [0.1, 0.15) is 0 Å². The van der Waals surface area contributed by atoms with Gasteiger partial charge in [-0.3, -0.25) is 4.79 Å². The number of rotatable bonds is 2. The summed E-state index contributed by atoms with van der Waals surface area (Å²) in [6, 6.07) is 5.15. The van der Waals surface area contributed by atoms with Gasteiger partial charge in [-0.15, -0.1) is 0 Å². The normalized spacial score (nSPS) is 15.4. The van der Waals surface area contributed by atoms with Crippen LogP contribution in [0.4, 0.5) is 5.69 Å². The molecule has 86 valence electrons. The number of amides is 1. The number of aryl methyl sites for hydroxylation is 1. The number of carbonyl (C=O) groups excluding carboxylic acids is 1. The molecule has 0 atom stereocenters. The maximum Gasteiger partial charge on any atom is 0.224 e. The van der Waals surface area contributed by atoms with Crippen molar-refractivity contribution >= 4 is 21.6 Å². The molecule has 6 heteroatoms. The highest BCUT2D eigenvalue weighted by Crippen LogP contribution is 2.23. The maximum atomic E-state index is 11.1. The third kappa shape index (κ3) is 2.59. The monoisotopic (exact) mass is 240 g/mol. The predicted molar refractivity (Wildman–Crippen MR) is 60.2 cm³/mol. The number of primary sulfonamides is 1. The third-order valence-corrected chi connectivity index (χ3v) is 3.17. The Hall–Kier alpha value is -1.40. The molecule has 0 spiro atoms. The van der Waals surface area contributed by atoms with Crippen molar-refractivity contribution < 1.29 is 13.2 Å². The van der Waals surface area contributed by atoms with Crippen molar-refractivity contribution in [3.05, 3.63) is 29.3 Å². The van der Waals surface area contributed by atoms with Gasteiger partial charge in [0.2, 0.25) is 15.9 Å². The topological polar surface area (TPSA) is 89.3 Å². The number of nitrogens with two attached hydrogens (primary N) is 1. The van der Waals surface area contributed by atoms with E-state index in [0.29, 0.717) is 18.4 Å². The summed E-state index contributed by atoms with van der Waals surface area (Å²) in [6.07, 6.45) is 1.07. The maximum absolute atomic E-state index is 11.1. The Morgan fingerprint density at radius 3 is 2.75 bits per heavy atom. The van der Waals surface area contributed by atoms with E-state index in [4.69, 9.17) is 5.14 Å². The lowest BCUT2D eigenvalue weighted by Crippen LogP contribution is -2.19. The van der Waals surface area contributed by atoms with Gasteiger partial charge in [0, 0.05) is 12.1 Å². The average molecular weight is 240 g/mol. The molecule has 16 heavy (non-hydrogen) atoms. The highest BCUT2D eigenvalue weighted by molar-refractivity contribution is 7.88. The van der Waals surface area contributed by atoms with E-state index >= 15 is 0 Å². The Morgan fingerprint density at radius 2 is 2.06 bits per heavy atom. The second-order valence-electron chi connectivity index (χ2n) is 3.85. The van der Waals surface area contributed by atoms with Crippen molar-refractivity contribution in [1.29, 1.82) is 0 Å². The summed E-state index contributed by atoms with van der Waals surface area (Å²) in [6.45, 7) is 0. The summed E-state index contributed by atoms with van der Waals surface area (Å²) < 4.78 is 21.9. The predicted octanol–water partition coefficient (Wildman–Crippen LogP) is 0.360. The van der Waals surface area contributed by atoms with Crippen molar-refractivity contribution in [3.63, 3.8) is 0 Å². The van der Waals surface area contributed by atoms with Crippen molar-refractivity contribution in [2.24, 2.45) is 5.14 Å². The number of carbonyl (C=O) groups is 1. The molecule has 0 saturated carbocycles. The Balaban J connectivity index is 2.30.